The van der Waals surface area contributed by atoms with E-state index in [4.69, 9.17) is 4.74 Å². The number of benzene rings is 2. The van der Waals surface area contributed by atoms with Gasteiger partial charge in [0.1, 0.15) is 5.75 Å². The monoisotopic (exact) mass is 414 g/mol. The maximum Gasteiger partial charge on any atom is 0.270 e. The van der Waals surface area contributed by atoms with Gasteiger partial charge in [0.25, 0.3) is 5.69 Å². The van der Waals surface area contributed by atoms with Crippen LogP contribution in [0, 0.1) is 10.1 Å². The van der Waals surface area contributed by atoms with Crippen LogP contribution in [0.1, 0.15) is 5.56 Å². The number of nitrogens with one attached hydrogen (secondary N) is 1. The van der Waals surface area contributed by atoms with Gasteiger partial charge >= 0.3 is 0 Å². The van der Waals surface area contributed by atoms with Crippen molar-refractivity contribution in [3.05, 3.63) is 61.0 Å². The number of methoxy groups -OCH3 is 1. The molecule has 21 heavy (non-hydrogen) atoms. The average Bonchev–Trinajstić information content (AvgIpc) is 2.46. The number of nitrogens with zero attached hydrogens (tertiary/aromatic N) is 1. The van der Waals surface area contributed by atoms with Crippen LogP contribution >= 0.6 is 31.9 Å². The van der Waals surface area contributed by atoms with Crippen molar-refractivity contribution >= 4 is 43.2 Å². The fourth-order valence-electron chi connectivity index (χ4n) is 1.84. The second-order valence-electron chi connectivity index (χ2n) is 4.23. The fraction of sp³-hybridized carbons (Fsp3) is 0.143. The molecule has 0 amide bonds. The van der Waals surface area contributed by atoms with E-state index in [-0.39, 0.29) is 5.69 Å². The lowest BCUT2D eigenvalue weighted by Gasteiger charge is -2.12. The molecule has 0 unspecified atom stereocenters. The van der Waals surface area contributed by atoms with Crippen LogP contribution in [0.2, 0.25) is 0 Å². The molecule has 0 heterocycles. The molecule has 2 aromatic rings. The summed E-state index contributed by atoms with van der Waals surface area (Å²) in [4.78, 5) is 10.3. The van der Waals surface area contributed by atoms with E-state index in [9.17, 15) is 10.1 Å². The lowest BCUT2D eigenvalue weighted by molar-refractivity contribution is -0.384. The first kappa shape index (κ1) is 15.8. The molecule has 2 aromatic carbocycles. The summed E-state index contributed by atoms with van der Waals surface area (Å²) in [6, 6.07) is 10.4. The molecule has 0 saturated heterocycles. The van der Waals surface area contributed by atoms with Gasteiger partial charge in [-0.3, -0.25) is 10.1 Å². The van der Waals surface area contributed by atoms with E-state index in [1.54, 1.807) is 13.2 Å². The summed E-state index contributed by atoms with van der Waals surface area (Å²) in [5.74, 6) is 0.781. The highest BCUT2D eigenvalue weighted by Gasteiger charge is 2.10. The summed E-state index contributed by atoms with van der Waals surface area (Å²) in [7, 11) is 1.62. The highest BCUT2D eigenvalue weighted by atomic mass is 79.9. The second kappa shape index (κ2) is 6.91. The Morgan fingerprint density at radius 3 is 2.62 bits per heavy atom. The van der Waals surface area contributed by atoms with E-state index < -0.39 is 4.92 Å². The highest BCUT2D eigenvalue weighted by Crippen LogP contribution is 2.29. The molecule has 0 radical (unpaired) electrons. The van der Waals surface area contributed by atoms with Crippen molar-refractivity contribution in [2.24, 2.45) is 0 Å². The van der Waals surface area contributed by atoms with Crippen molar-refractivity contribution < 1.29 is 9.66 Å². The van der Waals surface area contributed by atoms with Crippen LogP contribution in [0.15, 0.2) is 45.3 Å². The van der Waals surface area contributed by atoms with Crippen LogP contribution in [-0.2, 0) is 6.54 Å². The maximum absolute atomic E-state index is 10.7. The Kier molecular flexibility index (Phi) is 5.19. The zero-order chi connectivity index (χ0) is 15.4. The summed E-state index contributed by atoms with van der Waals surface area (Å²) < 4.78 is 6.91. The van der Waals surface area contributed by atoms with Crippen LogP contribution in [0.4, 0.5) is 11.4 Å². The molecule has 0 aromatic heterocycles. The molecule has 0 fully saturated rings. The van der Waals surface area contributed by atoms with E-state index in [2.05, 4.69) is 37.2 Å². The normalized spacial score (nSPS) is 10.2. The van der Waals surface area contributed by atoms with E-state index in [1.165, 1.54) is 12.1 Å². The Morgan fingerprint density at radius 2 is 2.00 bits per heavy atom. The van der Waals surface area contributed by atoms with Gasteiger partial charge in [0.05, 0.1) is 12.0 Å². The Hall–Kier alpha value is -1.60. The molecule has 0 atom stereocenters. The number of hydrogen-bond acceptors (Lipinski definition) is 4. The predicted octanol–water partition coefficient (Wildman–Crippen LogP) is 4.74. The third-order valence-electron chi connectivity index (χ3n) is 2.88. The third kappa shape index (κ3) is 3.95. The fourth-order valence-corrected chi connectivity index (χ4v) is 2.75. The number of hydrogen-bond donors (Lipinski definition) is 1. The molecule has 5 nitrogen and oxygen atoms in total. The molecular weight excluding hydrogens is 404 g/mol. The summed E-state index contributed by atoms with van der Waals surface area (Å²) in [5.41, 5.74) is 1.81. The Bertz CT molecular complexity index is 677. The molecule has 0 aliphatic carbocycles. The average molecular weight is 416 g/mol. The zero-order valence-electron chi connectivity index (χ0n) is 11.1. The van der Waals surface area contributed by atoms with Gasteiger partial charge in [-0.05, 0) is 40.2 Å². The molecular formula is C14H12Br2N2O3. The van der Waals surface area contributed by atoms with Crippen LogP contribution < -0.4 is 10.1 Å². The minimum Gasteiger partial charge on any atom is -0.496 e. The first-order valence-corrected chi connectivity index (χ1v) is 7.60. The molecule has 0 bridgehead atoms. The van der Waals surface area contributed by atoms with Crippen LogP contribution in [0.5, 0.6) is 5.75 Å². The highest BCUT2D eigenvalue weighted by molar-refractivity contribution is 9.10. The van der Waals surface area contributed by atoms with Gasteiger partial charge < -0.3 is 10.1 Å². The zero-order valence-corrected chi connectivity index (χ0v) is 14.3. The lowest BCUT2D eigenvalue weighted by atomic mass is 10.2. The number of anilines is 1. The topological polar surface area (TPSA) is 64.4 Å². The van der Waals surface area contributed by atoms with Crippen molar-refractivity contribution in [1.82, 2.24) is 0 Å². The number of nitro groups is 1. The van der Waals surface area contributed by atoms with Gasteiger partial charge in [-0.15, -0.1) is 0 Å². The van der Waals surface area contributed by atoms with Gasteiger partial charge in [0.2, 0.25) is 0 Å². The van der Waals surface area contributed by atoms with Gasteiger partial charge in [-0.1, -0.05) is 15.9 Å². The first-order valence-electron chi connectivity index (χ1n) is 6.01. The van der Waals surface area contributed by atoms with Crippen molar-refractivity contribution in [3.63, 3.8) is 0 Å². The predicted molar refractivity (Wildman–Crippen MR) is 88.8 cm³/mol. The number of ether oxygens (including phenoxy) is 1. The SMILES string of the molecule is COc1ccc(Br)cc1CNc1ccc([N+](=O)[O-])cc1Br. The molecule has 0 spiro atoms. The van der Waals surface area contributed by atoms with Gasteiger partial charge in [0.15, 0.2) is 0 Å². The standard InChI is InChI=1S/C14H12Br2N2O3/c1-21-14-5-2-10(15)6-9(14)8-17-13-4-3-11(18(19)20)7-12(13)16/h2-7,17H,8H2,1H3. The first-order chi connectivity index (χ1) is 10.0. The molecule has 0 aliphatic heterocycles. The van der Waals surface area contributed by atoms with Gasteiger partial charge in [0, 0.05) is 38.9 Å². The second-order valence-corrected chi connectivity index (χ2v) is 6.00. The number of non-ortho nitro benzene ring substituents is 1. The third-order valence-corrected chi connectivity index (χ3v) is 4.02. The molecule has 2 rings (SSSR count). The molecule has 0 aliphatic rings. The largest absolute Gasteiger partial charge is 0.496 e. The summed E-state index contributed by atoms with van der Waals surface area (Å²) >= 11 is 6.76. The van der Waals surface area contributed by atoms with Crippen LogP contribution in [-0.4, -0.2) is 12.0 Å². The number of nitro benzene ring substituents is 1. The van der Waals surface area contributed by atoms with Crippen LogP contribution in [0.3, 0.4) is 0 Å². The Morgan fingerprint density at radius 1 is 1.24 bits per heavy atom. The summed E-state index contributed by atoms with van der Waals surface area (Å²) in [5, 5.41) is 13.9. The smallest absolute Gasteiger partial charge is 0.270 e. The number of halogens is 2. The molecule has 110 valence electrons. The van der Waals surface area contributed by atoms with Crippen molar-refractivity contribution in [3.8, 4) is 5.75 Å². The maximum atomic E-state index is 10.7. The van der Waals surface area contributed by atoms with Crippen LogP contribution in [0.25, 0.3) is 0 Å². The molecule has 0 saturated carbocycles. The molecule has 1 N–H and O–H groups in total. The van der Waals surface area contributed by atoms with Gasteiger partial charge in [-0.25, -0.2) is 0 Å². The Labute approximate surface area is 138 Å². The van der Waals surface area contributed by atoms with Crippen molar-refractivity contribution in [1.29, 1.82) is 0 Å². The number of rotatable bonds is 5. The quantitative estimate of drug-likeness (QED) is 0.565. The summed E-state index contributed by atoms with van der Waals surface area (Å²) in [6.07, 6.45) is 0. The van der Waals surface area contributed by atoms with Crippen molar-refractivity contribution in [2.45, 2.75) is 6.54 Å². The van der Waals surface area contributed by atoms with E-state index in [0.717, 1.165) is 21.5 Å². The van der Waals surface area contributed by atoms with E-state index in [1.807, 2.05) is 18.2 Å². The Balaban J connectivity index is 2.17. The lowest BCUT2D eigenvalue weighted by Crippen LogP contribution is -2.02. The van der Waals surface area contributed by atoms with Gasteiger partial charge in [-0.2, -0.15) is 0 Å². The molecule has 7 heteroatoms. The minimum absolute atomic E-state index is 0.0486. The van der Waals surface area contributed by atoms with E-state index >= 15 is 0 Å². The van der Waals surface area contributed by atoms with E-state index in [0.29, 0.717) is 11.0 Å². The van der Waals surface area contributed by atoms with Crippen molar-refractivity contribution in [2.75, 3.05) is 12.4 Å². The summed E-state index contributed by atoms with van der Waals surface area (Å²) in [6.45, 7) is 0.541. The minimum atomic E-state index is -0.425.